The fourth-order valence-corrected chi connectivity index (χ4v) is 2.60. The number of rotatable bonds is 5. The second-order valence-corrected chi connectivity index (χ2v) is 8.14. The van der Waals surface area contributed by atoms with Crippen LogP contribution in [0.4, 0.5) is 0 Å². The van der Waals surface area contributed by atoms with Gasteiger partial charge in [0.05, 0.1) is 0 Å². The maximum Gasteiger partial charge on any atom is 0.0439 e. The topological polar surface area (TPSA) is 0 Å². The minimum Gasteiger partial charge on any atom is -0.0740 e. The van der Waals surface area contributed by atoms with Crippen LogP contribution in [-0.2, 0) is 8.84 Å². The minimum absolute atomic E-state index is 0.269. The highest BCUT2D eigenvalue weighted by Gasteiger charge is 2.23. The highest BCUT2D eigenvalue weighted by Crippen LogP contribution is 2.36. The summed E-state index contributed by atoms with van der Waals surface area (Å²) in [6.07, 6.45) is 3.67. The molecule has 0 saturated carbocycles. The third-order valence-corrected chi connectivity index (χ3v) is 5.19. The van der Waals surface area contributed by atoms with Gasteiger partial charge >= 0.3 is 0 Å². The fraction of sp³-hybridized carbons (Fsp3) is 0.625. The number of hydrogen-bond acceptors (Lipinski definition) is 0. The Labute approximate surface area is 120 Å². The third-order valence-electron chi connectivity index (χ3n) is 3.81. The van der Waals surface area contributed by atoms with Gasteiger partial charge in [-0.1, -0.05) is 81.0 Å². The second-order valence-electron chi connectivity index (χ2n) is 5.76. The molecule has 0 radical (unpaired) electrons. The summed E-state index contributed by atoms with van der Waals surface area (Å²) in [4.78, 5) is 0. The van der Waals surface area contributed by atoms with Crippen LogP contribution in [0.15, 0.2) is 24.3 Å². The molecule has 0 aliphatic carbocycles. The van der Waals surface area contributed by atoms with Gasteiger partial charge in [-0.05, 0) is 36.3 Å². The predicted molar refractivity (Wildman–Crippen MR) is 86.0 cm³/mol. The molecule has 0 amide bonds. The summed E-state index contributed by atoms with van der Waals surface area (Å²) < 4.78 is 0.269. The van der Waals surface area contributed by atoms with Crippen molar-refractivity contribution in [2.24, 2.45) is 0 Å². The van der Waals surface area contributed by atoms with E-state index in [4.69, 9.17) is 0 Å². The molecule has 0 nitrogen and oxygen atoms in total. The van der Waals surface area contributed by atoms with Gasteiger partial charge in [0.2, 0.25) is 0 Å². The van der Waals surface area contributed by atoms with Crippen LogP contribution >= 0.6 is 22.6 Å². The molecule has 0 aromatic heterocycles. The van der Waals surface area contributed by atoms with Gasteiger partial charge in [0.1, 0.15) is 0 Å². The molecular formula is C16H25I. The van der Waals surface area contributed by atoms with Crippen LogP contribution in [-0.4, -0.2) is 0 Å². The molecule has 17 heavy (non-hydrogen) atoms. The van der Waals surface area contributed by atoms with Gasteiger partial charge < -0.3 is 0 Å². The van der Waals surface area contributed by atoms with E-state index in [-0.39, 0.29) is 3.42 Å². The van der Waals surface area contributed by atoms with Gasteiger partial charge in [-0.15, -0.1) is 0 Å². The highest BCUT2D eigenvalue weighted by molar-refractivity contribution is 14.1. The molecule has 0 N–H and O–H groups in total. The summed E-state index contributed by atoms with van der Waals surface area (Å²) in [6, 6.07) is 9.25. The molecule has 1 atom stereocenters. The molecule has 1 unspecified atom stereocenters. The van der Waals surface area contributed by atoms with Crippen molar-refractivity contribution in [3.63, 3.8) is 0 Å². The van der Waals surface area contributed by atoms with Crippen molar-refractivity contribution in [3.8, 4) is 0 Å². The Kier molecular flexibility index (Phi) is 5.06. The quantitative estimate of drug-likeness (QED) is 0.466. The molecule has 0 aliphatic rings. The molecule has 0 heterocycles. The first-order valence-corrected chi connectivity index (χ1v) is 7.71. The molecule has 1 aromatic rings. The lowest BCUT2D eigenvalue weighted by Crippen LogP contribution is -2.17. The zero-order valence-electron chi connectivity index (χ0n) is 11.8. The first kappa shape index (κ1) is 15.0. The smallest absolute Gasteiger partial charge is 0.0439 e. The van der Waals surface area contributed by atoms with Gasteiger partial charge in [-0.25, -0.2) is 0 Å². The number of alkyl halides is 1. The summed E-state index contributed by atoms with van der Waals surface area (Å²) in [5, 5.41) is 0. The first-order valence-electron chi connectivity index (χ1n) is 6.63. The average Bonchev–Trinajstić information content (AvgIpc) is 2.29. The van der Waals surface area contributed by atoms with E-state index in [0.29, 0.717) is 5.41 Å². The van der Waals surface area contributed by atoms with Crippen molar-refractivity contribution in [2.45, 2.75) is 62.7 Å². The van der Waals surface area contributed by atoms with Crippen LogP contribution in [0.1, 0.15) is 65.0 Å². The van der Waals surface area contributed by atoms with Gasteiger partial charge in [-0.3, -0.25) is 0 Å². The van der Waals surface area contributed by atoms with E-state index in [0.717, 1.165) is 0 Å². The molecular weight excluding hydrogens is 319 g/mol. The number of halogens is 1. The number of hydrogen-bond donors (Lipinski definition) is 0. The predicted octanol–water partition coefficient (Wildman–Crippen LogP) is 5.82. The van der Waals surface area contributed by atoms with E-state index in [1.807, 2.05) is 0 Å². The lowest BCUT2D eigenvalue weighted by atomic mass is 9.80. The van der Waals surface area contributed by atoms with Crippen LogP contribution in [0.2, 0.25) is 0 Å². The summed E-state index contributed by atoms with van der Waals surface area (Å²) in [5.74, 6) is 0. The van der Waals surface area contributed by atoms with E-state index < -0.39 is 0 Å². The van der Waals surface area contributed by atoms with Crippen LogP contribution in [0.3, 0.4) is 0 Å². The van der Waals surface area contributed by atoms with Crippen molar-refractivity contribution >= 4 is 22.6 Å². The van der Waals surface area contributed by atoms with Crippen LogP contribution in [0.5, 0.6) is 0 Å². The molecule has 96 valence electrons. The SMILES string of the molecule is CCCC(C)(C)c1ccc(C(C)(I)CC)cc1. The van der Waals surface area contributed by atoms with E-state index in [2.05, 4.69) is 81.5 Å². The zero-order valence-corrected chi connectivity index (χ0v) is 14.0. The van der Waals surface area contributed by atoms with Crippen LogP contribution in [0, 0.1) is 0 Å². The standard InChI is InChI=1S/C16H25I/c1-6-12-15(3,4)13-8-10-14(11-9-13)16(5,17)7-2/h8-11H,6-7,12H2,1-5H3. The van der Waals surface area contributed by atoms with Gasteiger partial charge in [-0.2, -0.15) is 0 Å². The Bertz CT molecular complexity index is 346. The normalized spacial score (nSPS) is 15.6. The van der Waals surface area contributed by atoms with Crippen molar-refractivity contribution in [1.82, 2.24) is 0 Å². The molecule has 0 fully saturated rings. The molecule has 0 saturated heterocycles. The van der Waals surface area contributed by atoms with E-state index in [9.17, 15) is 0 Å². The molecule has 0 bridgehead atoms. The van der Waals surface area contributed by atoms with Gasteiger partial charge in [0.15, 0.2) is 0 Å². The first-order chi connectivity index (χ1) is 7.83. The van der Waals surface area contributed by atoms with Crippen molar-refractivity contribution in [2.75, 3.05) is 0 Å². The monoisotopic (exact) mass is 344 g/mol. The van der Waals surface area contributed by atoms with E-state index >= 15 is 0 Å². The fourth-order valence-electron chi connectivity index (χ4n) is 2.24. The maximum absolute atomic E-state index is 2.55. The van der Waals surface area contributed by atoms with Crippen molar-refractivity contribution in [3.05, 3.63) is 35.4 Å². The van der Waals surface area contributed by atoms with Crippen molar-refractivity contribution in [1.29, 1.82) is 0 Å². The van der Waals surface area contributed by atoms with Gasteiger partial charge in [0.25, 0.3) is 0 Å². The molecule has 1 heteroatoms. The molecule has 0 aliphatic heterocycles. The summed E-state index contributed by atoms with van der Waals surface area (Å²) >= 11 is 2.55. The van der Waals surface area contributed by atoms with Crippen LogP contribution in [0.25, 0.3) is 0 Å². The molecule has 1 aromatic carbocycles. The Hall–Kier alpha value is -0.0500. The summed E-state index contributed by atoms with van der Waals surface area (Å²) in [7, 11) is 0. The lowest BCUT2D eigenvalue weighted by molar-refractivity contribution is 0.473. The van der Waals surface area contributed by atoms with E-state index in [1.165, 1.54) is 30.4 Å². The molecule has 1 rings (SSSR count). The average molecular weight is 344 g/mol. The second kappa shape index (κ2) is 5.73. The van der Waals surface area contributed by atoms with Crippen molar-refractivity contribution < 1.29 is 0 Å². The lowest BCUT2D eigenvalue weighted by Gasteiger charge is -2.27. The summed E-state index contributed by atoms with van der Waals surface area (Å²) in [5.41, 5.74) is 3.21. The molecule has 0 spiro atoms. The Balaban J connectivity index is 2.96. The highest BCUT2D eigenvalue weighted by atomic mass is 127. The Morgan fingerprint density at radius 2 is 1.41 bits per heavy atom. The van der Waals surface area contributed by atoms with E-state index in [1.54, 1.807) is 0 Å². The minimum atomic E-state index is 0.269. The third kappa shape index (κ3) is 3.70. The largest absolute Gasteiger partial charge is 0.0740 e. The maximum atomic E-state index is 2.55. The number of benzene rings is 1. The van der Waals surface area contributed by atoms with Crippen LogP contribution < -0.4 is 0 Å². The zero-order chi connectivity index (χ0) is 13.1. The summed E-state index contributed by atoms with van der Waals surface area (Å²) in [6.45, 7) is 11.5. The van der Waals surface area contributed by atoms with Gasteiger partial charge in [0, 0.05) is 3.42 Å². The Morgan fingerprint density at radius 3 is 1.82 bits per heavy atom. The Morgan fingerprint density at radius 1 is 0.941 bits per heavy atom.